The van der Waals surface area contributed by atoms with Crippen molar-refractivity contribution in [2.45, 2.75) is 67.3 Å². The standard InChI is InChI=1S/C29H38N4O3S/c1-31(2)29(24-10-5-4-6-11-24)16-14-28(15-17-29)21-32(27(34)33(28)20-22-8-7-9-22)26-18-25(37(3,35)36)13-12-23(26)19-30/h4-6,10-13,18,22,27,34H,7-9,14-17,20-21H2,1-3H3. The Hall–Kier alpha value is -2.44. The van der Waals surface area contributed by atoms with Crippen molar-refractivity contribution in [2.75, 3.05) is 38.3 Å². The van der Waals surface area contributed by atoms with Crippen LogP contribution in [0.15, 0.2) is 53.4 Å². The molecule has 0 radical (unpaired) electrons. The minimum absolute atomic E-state index is 0.0684. The quantitative estimate of drug-likeness (QED) is 0.615. The van der Waals surface area contributed by atoms with Gasteiger partial charge in [0, 0.05) is 30.4 Å². The van der Waals surface area contributed by atoms with Crippen molar-refractivity contribution >= 4 is 15.5 Å². The van der Waals surface area contributed by atoms with E-state index in [0.29, 0.717) is 23.7 Å². The van der Waals surface area contributed by atoms with Crippen LogP contribution in [0.4, 0.5) is 5.69 Å². The molecule has 0 aromatic heterocycles. The van der Waals surface area contributed by atoms with E-state index in [0.717, 1.165) is 32.2 Å². The summed E-state index contributed by atoms with van der Waals surface area (Å²) in [6.45, 7) is 1.40. The number of aliphatic hydroxyl groups excluding tert-OH is 1. The highest BCUT2D eigenvalue weighted by Crippen LogP contribution is 2.51. The van der Waals surface area contributed by atoms with Crippen LogP contribution in [0.2, 0.25) is 0 Å². The van der Waals surface area contributed by atoms with E-state index >= 15 is 0 Å². The summed E-state index contributed by atoms with van der Waals surface area (Å²) >= 11 is 0. The number of nitrogens with zero attached hydrogens (tertiary/aromatic N) is 4. The molecular formula is C29H38N4O3S. The summed E-state index contributed by atoms with van der Waals surface area (Å²) in [4.78, 5) is 6.66. The SMILES string of the molecule is CN(C)C1(c2ccccc2)CCC2(CC1)CN(c1cc(S(C)(=O)=O)ccc1C#N)C(O)N2CC1CCC1. The maximum absolute atomic E-state index is 12.3. The first-order valence-electron chi connectivity index (χ1n) is 13.3. The molecule has 1 N–H and O–H groups in total. The summed E-state index contributed by atoms with van der Waals surface area (Å²) in [5, 5.41) is 21.6. The number of hydrogen-bond donors (Lipinski definition) is 1. The first kappa shape index (κ1) is 26.2. The predicted molar refractivity (Wildman–Crippen MR) is 145 cm³/mol. The molecule has 1 aliphatic heterocycles. The maximum Gasteiger partial charge on any atom is 0.187 e. The Morgan fingerprint density at radius 2 is 1.76 bits per heavy atom. The number of nitriles is 1. The Kier molecular flexibility index (Phi) is 6.86. The van der Waals surface area contributed by atoms with Gasteiger partial charge in [-0.15, -0.1) is 0 Å². The number of anilines is 1. The van der Waals surface area contributed by atoms with Crippen molar-refractivity contribution in [1.82, 2.24) is 9.80 Å². The highest BCUT2D eigenvalue weighted by atomic mass is 32.2. The van der Waals surface area contributed by atoms with E-state index < -0.39 is 16.2 Å². The van der Waals surface area contributed by atoms with Crippen LogP contribution < -0.4 is 4.90 Å². The van der Waals surface area contributed by atoms with E-state index in [1.54, 1.807) is 12.1 Å². The molecule has 7 nitrogen and oxygen atoms in total. The third-order valence-corrected chi connectivity index (χ3v) is 10.4. The molecule has 2 aromatic carbocycles. The average Bonchev–Trinajstić information content (AvgIpc) is 3.12. The summed E-state index contributed by atoms with van der Waals surface area (Å²) in [5.41, 5.74) is 1.90. The van der Waals surface area contributed by atoms with Gasteiger partial charge in [-0.25, -0.2) is 8.42 Å². The lowest BCUT2D eigenvalue weighted by atomic mass is 9.68. The zero-order valence-electron chi connectivity index (χ0n) is 22.1. The summed E-state index contributed by atoms with van der Waals surface area (Å²) in [6.07, 6.45) is 7.61. The molecule has 1 spiro atoms. The van der Waals surface area contributed by atoms with Crippen molar-refractivity contribution in [1.29, 1.82) is 5.26 Å². The maximum atomic E-state index is 12.3. The van der Waals surface area contributed by atoms with E-state index in [9.17, 15) is 18.8 Å². The zero-order valence-corrected chi connectivity index (χ0v) is 22.9. The number of hydrogen-bond acceptors (Lipinski definition) is 7. The monoisotopic (exact) mass is 522 g/mol. The van der Waals surface area contributed by atoms with Crippen molar-refractivity contribution in [3.8, 4) is 6.07 Å². The molecule has 0 amide bonds. The van der Waals surface area contributed by atoms with Gasteiger partial charge in [-0.2, -0.15) is 5.26 Å². The smallest absolute Gasteiger partial charge is 0.187 e. The molecule has 5 rings (SSSR count). The topological polar surface area (TPSA) is 87.9 Å². The second-order valence-electron chi connectivity index (χ2n) is 11.5. The summed E-state index contributed by atoms with van der Waals surface area (Å²) in [5.74, 6) is 0.568. The Morgan fingerprint density at radius 3 is 2.30 bits per heavy atom. The van der Waals surface area contributed by atoms with Gasteiger partial charge < -0.3 is 10.0 Å². The second-order valence-corrected chi connectivity index (χ2v) is 13.5. The number of sulfone groups is 1. The fraction of sp³-hybridized carbons (Fsp3) is 0.552. The van der Waals surface area contributed by atoms with Crippen molar-refractivity contribution < 1.29 is 13.5 Å². The lowest BCUT2D eigenvalue weighted by Crippen LogP contribution is -2.57. The van der Waals surface area contributed by atoms with Crippen LogP contribution in [0.5, 0.6) is 0 Å². The largest absolute Gasteiger partial charge is 0.361 e. The van der Waals surface area contributed by atoms with Crippen LogP contribution in [-0.4, -0.2) is 68.7 Å². The Balaban J connectivity index is 1.51. The minimum Gasteiger partial charge on any atom is -0.361 e. The molecule has 3 aliphatic rings. The number of benzene rings is 2. The van der Waals surface area contributed by atoms with Crippen molar-refractivity contribution in [2.24, 2.45) is 5.92 Å². The molecule has 2 aliphatic carbocycles. The van der Waals surface area contributed by atoms with Crippen molar-refractivity contribution in [3.63, 3.8) is 0 Å². The molecule has 0 bridgehead atoms. The normalized spacial score (nSPS) is 29.0. The Morgan fingerprint density at radius 1 is 1.08 bits per heavy atom. The van der Waals surface area contributed by atoms with Gasteiger partial charge in [0.05, 0.1) is 16.1 Å². The minimum atomic E-state index is -3.45. The number of aliphatic hydroxyl groups is 1. The highest BCUT2D eigenvalue weighted by Gasteiger charge is 2.55. The Bertz CT molecular complexity index is 1280. The molecule has 1 heterocycles. The molecule has 37 heavy (non-hydrogen) atoms. The van der Waals surface area contributed by atoms with Gasteiger partial charge in [0.1, 0.15) is 6.07 Å². The van der Waals surface area contributed by atoms with Gasteiger partial charge >= 0.3 is 0 Å². The fourth-order valence-electron chi connectivity index (χ4n) is 6.74. The summed E-state index contributed by atoms with van der Waals surface area (Å²) < 4.78 is 24.6. The van der Waals surface area contributed by atoms with E-state index in [2.05, 4.69) is 60.3 Å². The molecular weight excluding hydrogens is 484 g/mol. The highest BCUT2D eigenvalue weighted by molar-refractivity contribution is 7.90. The lowest BCUT2D eigenvalue weighted by Gasteiger charge is -2.52. The number of rotatable bonds is 6. The molecule has 1 atom stereocenters. The van der Waals surface area contributed by atoms with Gasteiger partial charge in [0.25, 0.3) is 0 Å². The van der Waals surface area contributed by atoms with Crippen molar-refractivity contribution in [3.05, 3.63) is 59.7 Å². The second kappa shape index (κ2) is 9.70. The van der Waals surface area contributed by atoms with Crippen LogP contribution in [-0.2, 0) is 15.4 Å². The molecule has 3 fully saturated rings. The van der Waals surface area contributed by atoms with E-state index in [4.69, 9.17) is 0 Å². The van der Waals surface area contributed by atoms with Gasteiger partial charge in [-0.3, -0.25) is 9.80 Å². The summed E-state index contributed by atoms with van der Waals surface area (Å²) in [7, 11) is 0.861. The fourth-order valence-corrected chi connectivity index (χ4v) is 7.39. The van der Waals surface area contributed by atoms with Crippen LogP contribution in [0.3, 0.4) is 0 Å². The van der Waals surface area contributed by atoms with E-state index in [-0.39, 0.29) is 16.0 Å². The average molecular weight is 523 g/mol. The lowest BCUT2D eigenvalue weighted by molar-refractivity contribution is -0.0661. The third kappa shape index (κ3) is 4.57. The van der Waals surface area contributed by atoms with Crippen LogP contribution in [0.1, 0.15) is 56.1 Å². The molecule has 2 aromatic rings. The molecule has 1 saturated heterocycles. The van der Waals surface area contributed by atoms with Gasteiger partial charge in [-0.05, 0) is 82.3 Å². The predicted octanol–water partition coefficient (Wildman–Crippen LogP) is 3.93. The van der Waals surface area contributed by atoms with Crippen LogP contribution in [0.25, 0.3) is 0 Å². The summed E-state index contributed by atoms with van der Waals surface area (Å²) in [6, 6.07) is 17.5. The van der Waals surface area contributed by atoms with Crippen LogP contribution in [0, 0.1) is 17.2 Å². The molecule has 198 valence electrons. The third-order valence-electron chi connectivity index (χ3n) is 9.31. The van der Waals surface area contributed by atoms with Gasteiger partial charge in [-0.1, -0.05) is 36.8 Å². The Labute approximate surface area is 221 Å². The van der Waals surface area contributed by atoms with E-state index in [1.807, 2.05) is 4.90 Å². The molecule has 2 saturated carbocycles. The zero-order chi connectivity index (χ0) is 26.4. The molecule has 8 heteroatoms. The van der Waals surface area contributed by atoms with E-state index in [1.165, 1.54) is 37.1 Å². The first-order chi connectivity index (χ1) is 17.6. The van der Waals surface area contributed by atoms with Gasteiger partial charge in [0.2, 0.25) is 0 Å². The van der Waals surface area contributed by atoms with Crippen LogP contribution >= 0.6 is 0 Å². The first-order valence-corrected chi connectivity index (χ1v) is 15.2. The molecule has 1 unspecified atom stereocenters. The van der Waals surface area contributed by atoms with Gasteiger partial charge in [0.15, 0.2) is 16.2 Å².